The van der Waals surface area contributed by atoms with Crippen molar-refractivity contribution in [3.8, 4) is 0 Å². The van der Waals surface area contributed by atoms with Crippen LogP contribution in [-0.2, 0) is 17.3 Å². The first-order chi connectivity index (χ1) is 23.3. The Labute approximate surface area is 288 Å². The van der Waals surface area contributed by atoms with E-state index in [2.05, 4.69) is 152 Å². The molecule has 250 valence electrons. The average Bonchev–Trinajstić information content (AvgIpc) is 3.44. The second-order valence-corrected chi connectivity index (χ2v) is 19.4. The second kappa shape index (κ2) is 13.4. The highest BCUT2D eigenvalue weighted by Crippen LogP contribution is 2.55. The number of aromatic nitrogens is 1. The normalized spacial score (nSPS) is 20.7. The van der Waals surface area contributed by atoms with Crippen molar-refractivity contribution in [1.82, 2.24) is 9.47 Å². The van der Waals surface area contributed by atoms with Crippen LogP contribution < -0.4 is 10.4 Å². The van der Waals surface area contributed by atoms with Crippen LogP contribution in [0.2, 0.25) is 5.04 Å². The standard InChI is InChI=1S/C43H52N2O2Si/c1-5-43-28-17-30-44(40(32-46)33-18-9-6-10-19-33)41(43)45-38-25-16-15-24-36(38)37(39(45)26-29-43)27-31-47-48(42(2,3)4,34-20-11-7-12-21-34)35-22-13-8-14-23-35/h6-16,18-25,40-41,46H,5,17,26-32H2,1-4H3/t40-,41-,43+/m0/s1. The van der Waals surface area contributed by atoms with Crippen molar-refractivity contribution in [1.29, 1.82) is 0 Å². The fourth-order valence-electron chi connectivity index (χ4n) is 9.48. The Morgan fingerprint density at radius 2 is 1.44 bits per heavy atom. The molecule has 0 radical (unpaired) electrons. The van der Waals surface area contributed by atoms with Gasteiger partial charge < -0.3 is 14.1 Å². The van der Waals surface area contributed by atoms with Crippen molar-refractivity contribution in [3.05, 3.63) is 132 Å². The molecule has 1 aromatic heterocycles. The third kappa shape index (κ3) is 5.49. The Hall–Kier alpha value is -3.48. The number of likely N-dealkylation sites (tertiary alicyclic amines) is 1. The molecule has 1 saturated heterocycles. The SMILES string of the molecule is CC[C@]12CCCN([C@@H](CO)c3ccccc3)[C@H]1n1c(c(CCO[Si](c3ccccc3)(c3ccccc3)C(C)(C)C)c3ccccc31)CC2. The summed E-state index contributed by atoms with van der Waals surface area (Å²) < 4.78 is 10.2. The van der Waals surface area contributed by atoms with Gasteiger partial charge in [0, 0.05) is 35.2 Å². The van der Waals surface area contributed by atoms with Gasteiger partial charge in [-0.25, -0.2) is 0 Å². The molecule has 1 N–H and O–H groups in total. The molecule has 0 aliphatic carbocycles. The van der Waals surface area contributed by atoms with Gasteiger partial charge >= 0.3 is 0 Å². The number of piperidine rings is 1. The molecule has 0 amide bonds. The molecule has 0 saturated carbocycles. The highest BCUT2D eigenvalue weighted by Gasteiger charge is 2.51. The van der Waals surface area contributed by atoms with Gasteiger partial charge in [-0.1, -0.05) is 137 Å². The molecule has 0 spiro atoms. The summed E-state index contributed by atoms with van der Waals surface area (Å²) in [6.07, 6.45) is 6.87. The lowest BCUT2D eigenvalue weighted by atomic mass is 9.68. The summed E-state index contributed by atoms with van der Waals surface area (Å²) in [6, 6.07) is 41.7. The Balaban J connectivity index is 1.31. The molecule has 0 unspecified atom stereocenters. The van der Waals surface area contributed by atoms with Crippen molar-refractivity contribution in [2.75, 3.05) is 19.8 Å². The van der Waals surface area contributed by atoms with E-state index in [0.717, 1.165) is 25.8 Å². The monoisotopic (exact) mass is 656 g/mol. The van der Waals surface area contributed by atoms with Gasteiger partial charge in [0.2, 0.25) is 0 Å². The molecule has 4 nitrogen and oxygen atoms in total. The van der Waals surface area contributed by atoms with E-state index in [9.17, 15) is 5.11 Å². The number of aliphatic hydroxyl groups excluding tert-OH is 1. The van der Waals surface area contributed by atoms with Crippen molar-refractivity contribution in [2.24, 2.45) is 5.41 Å². The molecular formula is C43H52N2O2Si. The third-order valence-electron chi connectivity index (χ3n) is 11.7. The van der Waals surface area contributed by atoms with Crippen LogP contribution in [0.15, 0.2) is 115 Å². The molecule has 7 rings (SSSR count). The van der Waals surface area contributed by atoms with Crippen LogP contribution in [0.1, 0.15) is 82.4 Å². The summed E-state index contributed by atoms with van der Waals surface area (Å²) in [5, 5.41) is 14.9. The topological polar surface area (TPSA) is 37.6 Å². The van der Waals surface area contributed by atoms with Gasteiger partial charge in [0.05, 0.1) is 18.8 Å². The van der Waals surface area contributed by atoms with Gasteiger partial charge in [0.15, 0.2) is 0 Å². The zero-order valence-corrected chi connectivity index (χ0v) is 30.2. The summed E-state index contributed by atoms with van der Waals surface area (Å²) in [4.78, 5) is 2.65. The molecule has 5 heteroatoms. The molecule has 48 heavy (non-hydrogen) atoms. The molecule has 2 aliphatic heterocycles. The minimum absolute atomic E-state index is 0.0310. The van der Waals surface area contributed by atoms with Crippen molar-refractivity contribution >= 4 is 29.6 Å². The quantitative estimate of drug-likeness (QED) is 0.153. The molecule has 3 atom stereocenters. The maximum atomic E-state index is 10.9. The lowest BCUT2D eigenvalue weighted by molar-refractivity contribution is -0.0846. The van der Waals surface area contributed by atoms with E-state index >= 15 is 0 Å². The van der Waals surface area contributed by atoms with E-state index in [1.165, 1.54) is 57.4 Å². The van der Waals surface area contributed by atoms with E-state index in [1.807, 2.05) is 0 Å². The Kier molecular flexibility index (Phi) is 9.25. The summed E-state index contributed by atoms with van der Waals surface area (Å²) in [6.45, 7) is 11.3. The van der Waals surface area contributed by atoms with Crippen molar-refractivity contribution in [2.45, 2.75) is 83.5 Å². The van der Waals surface area contributed by atoms with Crippen LogP contribution >= 0.6 is 0 Å². The maximum absolute atomic E-state index is 10.9. The van der Waals surface area contributed by atoms with E-state index in [4.69, 9.17) is 4.43 Å². The van der Waals surface area contributed by atoms with E-state index in [0.29, 0.717) is 6.61 Å². The molecular weight excluding hydrogens is 605 g/mol. The van der Waals surface area contributed by atoms with Crippen LogP contribution in [0.25, 0.3) is 10.9 Å². The fraction of sp³-hybridized carbons (Fsp3) is 0.395. The predicted octanol–water partition coefficient (Wildman–Crippen LogP) is 8.43. The average molecular weight is 657 g/mol. The lowest BCUT2D eigenvalue weighted by Gasteiger charge is -2.55. The number of rotatable bonds is 10. The van der Waals surface area contributed by atoms with Gasteiger partial charge in [-0.2, -0.15) is 0 Å². The van der Waals surface area contributed by atoms with Crippen molar-refractivity contribution in [3.63, 3.8) is 0 Å². The Morgan fingerprint density at radius 3 is 2.04 bits per heavy atom. The third-order valence-corrected chi connectivity index (χ3v) is 16.8. The molecule has 5 aromatic rings. The van der Waals surface area contributed by atoms with Gasteiger partial charge in [-0.3, -0.25) is 4.90 Å². The number of hydrogen-bond acceptors (Lipinski definition) is 3. The number of hydrogen-bond donors (Lipinski definition) is 1. The first-order valence-electron chi connectivity index (χ1n) is 18.1. The van der Waals surface area contributed by atoms with Crippen LogP contribution in [-0.4, -0.2) is 42.6 Å². The summed E-state index contributed by atoms with van der Waals surface area (Å²) >= 11 is 0. The molecule has 3 heterocycles. The Morgan fingerprint density at radius 1 is 0.833 bits per heavy atom. The molecule has 4 aromatic carbocycles. The molecule has 0 bridgehead atoms. The number of nitrogens with zero attached hydrogens (tertiary/aromatic N) is 2. The van der Waals surface area contributed by atoms with Crippen LogP contribution in [0, 0.1) is 5.41 Å². The molecule has 1 fully saturated rings. The number of aliphatic hydroxyl groups is 1. The van der Waals surface area contributed by atoms with Crippen LogP contribution in [0.3, 0.4) is 0 Å². The highest BCUT2D eigenvalue weighted by atomic mass is 28.4. The van der Waals surface area contributed by atoms with E-state index < -0.39 is 8.32 Å². The summed E-state index contributed by atoms with van der Waals surface area (Å²) in [5.41, 5.74) is 5.62. The lowest BCUT2D eigenvalue weighted by Crippen LogP contribution is -2.66. The van der Waals surface area contributed by atoms with Gasteiger partial charge in [0.1, 0.15) is 0 Å². The van der Waals surface area contributed by atoms with Gasteiger partial charge in [-0.05, 0) is 71.1 Å². The fourth-order valence-corrected chi connectivity index (χ4v) is 14.0. The van der Waals surface area contributed by atoms with Crippen molar-refractivity contribution < 1.29 is 9.53 Å². The van der Waals surface area contributed by atoms with E-state index in [-0.39, 0.29) is 29.3 Å². The Bertz CT molecular complexity index is 1770. The predicted molar refractivity (Wildman–Crippen MR) is 202 cm³/mol. The largest absolute Gasteiger partial charge is 0.407 e. The first kappa shape index (κ1) is 33.0. The second-order valence-electron chi connectivity index (χ2n) is 15.1. The smallest absolute Gasteiger partial charge is 0.261 e. The maximum Gasteiger partial charge on any atom is 0.261 e. The highest BCUT2D eigenvalue weighted by molar-refractivity contribution is 6.99. The van der Waals surface area contributed by atoms with Crippen LogP contribution in [0.5, 0.6) is 0 Å². The number of para-hydroxylation sites is 1. The van der Waals surface area contributed by atoms with Gasteiger partial charge in [-0.15, -0.1) is 0 Å². The van der Waals surface area contributed by atoms with Crippen LogP contribution in [0.4, 0.5) is 0 Å². The van der Waals surface area contributed by atoms with Gasteiger partial charge in [0.25, 0.3) is 8.32 Å². The first-order valence-corrected chi connectivity index (χ1v) is 20.0. The zero-order valence-electron chi connectivity index (χ0n) is 29.2. The molecule has 2 aliphatic rings. The summed E-state index contributed by atoms with van der Waals surface area (Å²) in [5.74, 6) is 0. The minimum Gasteiger partial charge on any atom is -0.407 e. The van der Waals surface area contributed by atoms with E-state index in [1.54, 1.807) is 0 Å². The summed E-state index contributed by atoms with van der Waals surface area (Å²) in [7, 11) is -2.64. The number of benzene rings is 4. The number of fused-ring (bicyclic) bond motifs is 5. The zero-order chi connectivity index (χ0) is 33.4. The minimum atomic E-state index is -2.64.